The fourth-order valence-electron chi connectivity index (χ4n) is 3.44. The van der Waals surface area contributed by atoms with Crippen molar-refractivity contribution in [1.29, 1.82) is 0 Å². The van der Waals surface area contributed by atoms with Crippen LogP contribution in [0.5, 0.6) is 17.2 Å². The number of hydrogen-bond donors (Lipinski definition) is 0. The molecule has 0 amide bonds. The predicted octanol–water partition coefficient (Wildman–Crippen LogP) is 6.37. The molecule has 2 aromatic heterocycles. The Hall–Kier alpha value is -3.52. The van der Waals surface area contributed by atoms with Crippen LogP contribution in [0.2, 0.25) is 0 Å². The van der Waals surface area contributed by atoms with Gasteiger partial charge >= 0.3 is 0 Å². The number of fused-ring (bicyclic) bond motifs is 1. The fraction of sp³-hybridized carbons (Fsp3) is 0.250. The van der Waals surface area contributed by atoms with Gasteiger partial charge in [0.05, 0.1) is 32.9 Å². The van der Waals surface area contributed by atoms with E-state index in [1.165, 1.54) is 6.33 Å². The monoisotopic (exact) mass is 448 g/mol. The Labute approximate surface area is 190 Å². The Morgan fingerprint density at radius 1 is 0.969 bits per heavy atom. The van der Waals surface area contributed by atoms with Gasteiger partial charge in [-0.05, 0) is 49.2 Å². The van der Waals surface area contributed by atoms with Crippen molar-refractivity contribution < 1.29 is 14.2 Å². The summed E-state index contributed by atoms with van der Waals surface area (Å²) in [5, 5.41) is 8.79. The third kappa shape index (κ3) is 4.27. The summed E-state index contributed by atoms with van der Waals surface area (Å²) in [6, 6.07) is 13.7. The summed E-state index contributed by atoms with van der Waals surface area (Å²) in [6.07, 6.45) is 1.53. The maximum atomic E-state index is 5.83. The molecule has 164 valence electrons. The van der Waals surface area contributed by atoms with Crippen LogP contribution >= 0.6 is 11.3 Å². The van der Waals surface area contributed by atoms with E-state index in [-0.39, 0.29) is 0 Å². The number of aromatic nitrogens is 2. The lowest BCUT2D eigenvalue weighted by molar-refractivity contribution is 0.341. The topological polar surface area (TPSA) is 78.2 Å². The normalized spacial score (nSPS) is 11.2. The molecule has 0 spiro atoms. The standard InChI is InChI=1S/C24H24N4O3S/c1-5-31-18-9-7-6-8-17(18)22-15(2)21-23(32-22)24(26-14-25-21)28-27-13-16-10-11-19(29-3)20(12-16)30-4/h6-12,14H,5,13H2,1-4H3. The molecule has 0 fully saturated rings. The van der Waals surface area contributed by atoms with E-state index in [9.17, 15) is 0 Å². The summed E-state index contributed by atoms with van der Waals surface area (Å²) >= 11 is 1.61. The Morgan fingerprint density at radius 2 is 1.78 bits per heavy atom. The van der Waals surface area contributed by atoms with E-state index < -0.39 is 0 Å². The van der Waals surface area contributed by atoms with Crippen molar-refractivity contribution in [3.63, 3.8) is 0 Å². The number of nitrogens with zero attached hydrogens (tertiary/aromatic N) is 4. The van der Waals surface area contributed by atoms with Gasteiger partial charge in [0.1, 0.15) is 16.8 Å². The molecule has 2 aromatic carbocycles. The summed E-state index contributed by atoms with van der Waals surface area (Å²) in [6.45, 7) is 5.05. The van der Waals surface area contributed by atoms with Crippen LogP contribution in [0.3, 0.4) is 0 Å². The van der Waals surface area contributed by atoms with Crippen molar-refractivity contribution in [1.82, 2.24) is 9.97 Å². The molecule has 0 atom stereocenters. The molecule has 32 heavy (non-hydrogen) atoms. The van der Waals surface area contributed by atoms with Crippen LogP contribution in [0.25, 0.3) is 20.7 Å². The molecule has 0 aliphatic rings. The van der Waals surface area contributed by atoms with E-state index in [4.69, 9.17) is 14.2 Å². The molecule has 2 heterocycles. The van der Waals surface area contributed by atoms with Crippen LogP contribution in [0.15, 0.2) is 59.0 Å². The minimum absolute atomic E-state index is 0.399. The van der Waals surface area contributed by atoms with Crippen LogP contribution in [0, 0.1) is 6.92 Å². The highest BCUT2D eigenvalue weighted by atomic mass is 32.1. The highest BCUT2D eigenvalue weighted by Gasteiger charge is 2.17. The summed E-state index contributed by atoms with van der Waals surface area (Å²) in [7, 11) is 3.23. The zero-order valence-electron chi connectivity index (χ0n) is 18.5. The highest BCUT2D eigenvalue weighted by Crippen LogP contribution is 2.43. The van der Waals surface area contributed by atoms with Crippen molar-refractivity contribution >= 4 is 27.4 Å². The quantitative estimate of drug-likeness (QED) is 0.293. The maximum Gasteiger partial charge on any atom is 0.195 e. The number of rotatable bonds is 8. The number of hydrogen-bond acceptors (Lipinski definition) is 8. The van der Waals surface area contributed by atoms with E-state index in [2.05, 4.69) is 33.2 Å². The first kappa shape index (κ1) is 21.7. The first-order valence-electron chi connectivity index (χ1n) is 10.2. The second-order valence-corrected chi connectivity index (χ2v) is 7.97. The molecule has 0 saturated heterocycles. The lowest BCUT2D eigenvalue weighted by Gasteiger charge is -2.09. The van der Waals surface area contributed by atoms with Gasteiger partial charge < -0.3 is 14.2 Å². The second-order valence-electron chi connectivity index (χ2n) is 6.95. The minimum atomic E-state index is 0.399. The van der Waals surface area contributed by atoms with Crippen LogP contribution in [0.4, 0.5) is 5.82 Å². The summed E-state index contributed by atoms with van der Waals surface area (Å²) in [5.41, 5.74) is 3.97. The van der Waals surface area contributed by atoms with Crippen LogP contribution in [-0.2, 0) is 6.54 Å². The Bertz CT molecular complexity index is 1270. The molecule has 4 aromatic rings. The van der Waals surface area contributed by atoms with Gasteiger partial charge in [-0.1, -0.05) is 18.2 Å². The fourth-order valence-corrected chi connectivity index (χ4v) is 4.66. The average molecular weight is 449 g/mol. The molecule has 0 radical (unpaired) electrons. The first-order valence-corrected chi connectivity index (χ1v) is 11.0. The van der Waals surface area contributed by atoms with Gasteiger partial charge in [-0.15, -0.1) is 16.5 Å². The maximum absolute atomic E-state index is 5.83. The summed E-state index contributed by atoms with van der Waals surface area (Å²) in [5.74, 6) is 2.76. The second kappa shape index (κ2) is 9.74. The molecule has 0 aliphatic carbocycles. The molecule has 0 N–H and O–H groups in total. The smallest absolute Gasteiger partial charge is 0.195 e. The summed E-state index contributed by atoms with van der Waals surface area (Å²) < 4.78 is 17.4. The molecule has 7 nitrogen and oxygen atoms in total. The molecule has 4 rings (SSSR count). The lowest BCUT2D eigenvalue weighted by atomic mass is 10.1. The number of thiophene rings is 1. The van der Waals surface area contributed by atoms with Crippen molar-refractivity contribution in [3.8, 4) is 27.7 Å². The molecule has 0 saturated carbocycles. The number of methoxy groups -OCH3 is 2. The van der Waals surface area contributed by atoms with Gasteiger partial charge in [0.25, 0.3) is 0 Å². The average Bonchev–Trinajstić information content (AvgIpc) is 3.16. The van der Waals surface area contributed by atoms with Gasteiger partial charge in [0.15, 0.2) is 17.3 Å². The number of para-hydroxylation sites is 1. The molecule has 0 bridgehead atoms. The Balaban J connectivity index is 1.66. The van der Waals surface area contributed by atoms with E-state index in [1.54, 1.807) is 25.6 Å². The Morgan fingerprint density at radius 3 is 2.56 bits per heavy atom. The van der Waals surface area contributed by atoms with Crippen molar-refractivity contribution in [2.75, 3.05) is 20.8 Å². The van der Waals surface area contributed by atoms with E-state index in [0.29, 0.717) is 30.5 Å². The predicted molar refractivity (Wildman–Crippen MR) is 127 cm³/mol. The van der Waals surface area contributed by atoms with Crippen LogP contribution < -0.4 is 14.2 Å². The van der Waals surface area contributed by atoms with Crippen molar-refractivity contribution in [2.24, 2.45) is 10.2 Å². The number of benzene rings is 2. The van der Waals surface area contributed by atoms with Gasteiger partial charge in [0.2, 0.25) is 0 Å². The van der Waals surface area contributed by atoms with Crippen molar-refractivity contribution in [2.45, 2.75) is 20.4 Å². The highest BCUT2D eigenvalue weighted by molar-refractivity contribution is 7.23. The van der Waals surface area contributed by atoms with E-state index in [1.807, 2.05) is 43.3 Å². The van der Waals surface area contributed by atoms with Gasteiger partial charge in [0, 0.05) is 10.4 Å². The Kier molecular flexibility index (Phi) is 6.61. The first-order chi connectivity index (χ1) is 15.7. The van der Waals surface area contributed by atoms with Gasteiger partial charge in [-0.25, -0.2) is 9.97 Å². The largest absolute Gasteiger partial charge is 0.493 e. The molecule has 0 unspecified atom stereocenters. The van der Waals surface area contributed by atoms with Crippen molar-refractivity contribution in [3.05, 3.63) is 59.9 Å². The van der Waals surface area contributed by atoms with Gasteiger partial charge in [-0.2, -0.15) is 5.11 Å². The van der Waals surface area contributed by atoms with E-state index in [0.717, 1.165) is 37.5 Å². The molecular weight excluding hydrogens is 424 g/mol. The van der Waals surface area contributed by atoms with Crippen LogP contribution in [-0.4, -0.2) is 30.8 Å². The zero-order chi connectivity index (χ0) is 22.5. The third-order valence-electron chi connectivity index (χ3n) is 4.98. The molecule has 8 heteroatoms. The lowest BCUT2D eigenvalue weighted by Crippen LogP contribution is -1.93. The molecule has 0 aliphatic heterocycles. The third-order valence-corrected chi connectivity index (χ3v) is 6.29. The van der Waals surface area contributed by atoms with E-state index >= 15 is 0 Å². The number of aryl methyl sites for hydroxylation is 1. The number of ether oxygens (including phenoxy) is 3. The SMILES string of the molecule is CCOc1ccccc1-c1sc2c(N=NCc3ccc(OC)c(OC)c3)ncnc2c1C. The number of azo groups is 1. The minimum Gasteiger partial charge on any atom is -0.493 e. The summed E-state index contributed by atoms with van der Waals surface area (Å²) in [4.78, 5) is 9.96. The zero-order valence-corrected chi connectivity index (χ0v) is 19.3. The molecular formula is C24H24N4O3S. The van der Waals surface area contributed by atoms with Gasteiger partial charge in [-0.3, -0.25) is 0 Å². The van der Waals surface area contributed by atoms with Crippen LogP contribution in [0.1, 0.15) is 18.1 Å².